The molecular weight excluding hydrogens is 327 g/mol. The van der Waals surface area contributed by atoms with Gasteiger partial charge < -0.3 is 4.74 Å². The van der Waals surface area contributed by atoms with Crippen LogP contribution < -0.4 is 4.74 Å². The second-order valence-corrected chi connectivity index (χ2v) is 5.96. The zero-order chi connectivity index (χ0) is 17.9. The molecule has 0 atom stereocenters. The number of rotatable bonds is 4. The van der Waals surface area contributed by atoms with E-state index in [4.69, 9.17) is 4.74 Å². The molecule has 0 aliphatic carbocycles. The molecule has 0 N–H and O–H groups in total. The predicted octanol–water partition coefficient (Wildman–Crippen LogP) is 6.25. The normalized spacial score (nSPS) is 10.7. The molecule has 0 unspecified atom stereocenters. The fraction of sp³-hybridized carbons (Fsp3) is 0. The van der Waals surface area contributed by atoms with E-state index >= 15 is 0 Å². The van der Waals surface area contributed by atoms with Gasteiger partial charge >= 0.3 is 0 Å². The minimum atomic E-state index is -0.276. The van der Waals surface area contributed by atoms with Crippen LogP contribution in [0.15, 0.2) is 84.9 Å². The third-order valence-corrected chi connectivity index (χ3v) is 4.27. The fourth-order valence-electron chi connectivity index (χ4n) is 2.94. The minimum Gasteiger partial charge on any atom is -0.456 e. The Kier molecular flexibility index (Phi) is 4.20. The van der Waals surface area contributed by atoms with Crippen molar-refractivity contribution in [3.05, 3.63) is 96.3 Å². The zero-order valence-corrected chi connectivity index (χ0v) is 13.9. The summed E-state index contributed by atoms with van der Waals surface area (Å²) < 4.78 is 19.5. The molecule has 26 heavy (non-hydrogen) atoms. The SMILES string of the molecule is O=Cc1ccc(Oc2c(-c3ccc(F)cc3)ccc3ccccc23)cc1. The Labute approximate surface area is 150 Å². The molecule has 4 aromatic carbocycles. The number of carbonyl (C=O) groups is 1. The summed E-state index contributed by atoms with van der Waals surface area (Å²) in [7, 11) is 0. The highest BCUT2D eigenvalue weighted by molar-refractivity contribution is 5.95. The minimum absolute atomic E-state index is 0.276. The molecule has 3 heteroatoms. The van der Waals surface area contributed by atoms with Crippen LogP contribution in [0.5, 0.6) is 11.5 Å². The molecule has 0 saturated heterocycles. The second kappa shape index (κ2) is 6.81. The summed E-state index contributed by atoms with van der Waals surface area (Å²) in [6.45, 7) is 0. The highest BCUT2D eigenvalue weighted by Crippen LogP contribution is 2.39. The van der Waals surface area contributed by atoms with Crippen LogP contribution in [0.3, 0.4) is 0 Å². The lowest BCUT2D eigenvalue weighted by Gasteiger charge is -2.15. The predicted molar refractivity (Wildman–Crippen MR) is 101 cm³/mol. The van der Waals surface area contributed by atoms with Crippen LogP contribution in [0.1, 0.15) is 10.4 Å². The Morgan fingerprint density at radius 3 is 2.23 bits per heavy atom. The number of carbonyl (C=O) groups excluding carboxylic acids is 1. The highest BCUT2D eigenvalue weighted by Gasteiger charge is 2.12. The first kappa shape index (κ1) is 16.0. The molecule has 0 bridgehead atoms. The van der Waals surface area contributed by atoms with Crippen molar-refractivity contribution in [1.29, 1.82) is 0 Å². The van der Waals surface area contributed by atoms with Crippen molar-refractivity contribution in [3.8, 4) is 22.6 Å². The molecular formula is C23H15FO2. The summed E-state index contributed by atoms with van der Waals surface area (Å²) in [4.78, 5) is 10.8. The summed E-state index contributed by atoms with van der Waals surface area (Å²) in [5.74, 6) is 1.06. The average Bonchev–Trinajstić information content (AvgIpc) is 2.70. The van der Waals surface area contributed by atoms with E-state index in [0.29, 0.717) is 17.1 Å². The van der Waals surface area contributed by atoms with Gasteiger partial charge in [0.25, 0.3) is 0 Å². The third-order valence-electron chi connectivity index (χ3n) is 4.27. The maximum atomic E-state index is 13.3. The van der Waals surface area contributed by atoms with Gasteiger partial charge in [0.15, 0.2) is 0 Å². The van der Waals surface area contributed by atoms with Crippen LogP contribution >= 0.6 is 0 Å². The first-order valence-electron chi connectivity index (χ1n) is 8.25. The van der Waals surface area contributed by atoms with Gasteiger partial charge in [0.2, 0.25) is 0 Å². The van der Waals surface area contributed by atoms with Gasteiger partial charge in [0.05, 0.1) is 0 Å². The molecule has 0 saturated carbocycles. The van der Waals surface area contributed by atoms with Crippen molar-refractivity contribution in [1.82, 2.24) is 0 Å². The molecule has 0 amide bonds. The maximum Gasteiger partial charge on any atom is 0.150 e. The first-order valence-corrected chi connectivity index (χ1v) is 8.25. The van der Waals surface area contributed by atoms with E-state index in [1.807, 2.05) is 36.4 Å². The third kappa shape index (κ3) is 3.07. The van der Waals surface area contributed by atoms with Crippen molar-refractivity contribution in [2.45, 2.75) is 0 Å². The summed E-state index contributed by atoms with van der Waals surface area (Å²) in [5, 5.41) is 2.02. The van der Waals surface area contributed by atoms with Gasteiger partial charge in [-0.05, 0) is 53.4 Å². The number of fused-ring (bicyclic) bond motifs is 1. The van der Waals surface area contributed by atoms with Gasteiger partial charge in [-0.25, -0.2) is 4.39 Å². The molecule has 0 aromatic heterocycles. The largest absolute Gasteiger partial charge is 0.456 e. The molecule has 0 aliphatic rings. The Bertz CT molecular complexity index is 1070. The van der Waals surface area contributed by atoms with E-state index in [0.717, 1.165) is 28.2 Å². The van der Waals surface area contributed by atoms with Crippen molar-refractivity contribution >= 4 is 17.1 Å². The quantitative estimate of drug-likeness (QED) is 0.410. The van der Waals surface area contributed by atoms with Crippen LogP contribution in [0.2, 0.25) is 0 Å². The van der Waals surface area contributed by atoms with Gasteiger partial charge in [-0.3, -0.25) is 4.79 Å². The molecule has 126 valence electrons. The number of aldehydes is 1. The lowest BCUT2D eigenvalue weighted by molar-refractivity contribution is 0.112. The Hall–Kier alpha value is -3.46. The summed E-state index contributed by atoms with van der Waals surface area (Å²) in [6, 6.07) is 25.3. The van der Waals surface area contributed by atoms with Gasteiger partial charge in [0, 0.05) is 16.5 Å². The van der Waals surface area contributed by atoms with E-state index in [9.17, 15) is 9.18 Å². The van der Waals surface area contributed by atoms with Gasteiger partial charge in [-0.2, -0.15) is 0 Å². The van der Waals surface area contributed by atoms with E-state index in [1.54, 1.807) is 36.4 Å². The van der Waals surface area contributed by atoms with Crippen molar-refractivity contribution in [3.63, 3.8) is 0 Å². The molecule has 0 spiro atoms. The van der Waals surface area contributed by atoms with Gasteiger partial charge in [-0.1, -0.05) is 42.5 Å². The zero-order valence-electron chi connectivity index (χ0n) is 13.9. The Morgan fingerprint density at radius 1 is 0.769 bits per heavy atom. The van der Waals surface area contributed by atoms with Crippen LogP contribution in [0.25, 0.3) is 21.9 Å². The summed E-state index contributed by atoms with van der Waals surface area (Å²) in [5.41, 5.74) is 2.34. The van der Waals surface area contributed by atoms with E-state index in [2.05, 4.69) is 0 Å². The van der Waals surface area contributed by atoms with Crippen LogP contribution in [-0.2, 0) is 0 Å². The maximum absolute atomic E-state index is 13.3. The topological polar surface area (TPSA) is 26.3 Å². The lowest BCUT2D eigenvalue weighted by Crippen LogP contribution is -1.91. The van der Waals surface area contributed by atoms with E-state index in [-0.39, 0.29) is 5.82 Å². The summed E-state index contributed by atoms with van der Waals surface area (Å²) >= 11 is 0. The molecule has 4 rings (SSSR count). The smallest absolute Gasteiger partial charge is 0.150 e. The fourth-order valence-corrected chi connectivity index (χ4v) is 2.94. The van der Waals surface area contributed by atoms with E-state index < -0.39 is 0 Å². The molecule has 0 fully saturated rings. The number of hydrogen-bond donors (Lipinski definition) is 0. The molecule has 0 radical (unpaired) electrons. The van der Waals surface area contributed by atoms with Gasteiger partial charge in [-0.15, -0.1) is 0 Å². The van der Waals surface area contributed by atoms with Crippen LogP contribution in [-0.4, -0.2) is 6.29 Å². The lowest BCUT2D eigenvalue weighted by atomic mass is 9.99. The summed E-state index contributed by atoms with van der Waals surface area (Å²) in [6.07, 6.45) is 0.797. The number of benzene rings is 4. The standard InChI is InChI=1S/C23H15FO2/c24-19-10-7-18(8-11-19)22-14-9-17-3-1-2-4-21(17)23(22)26-20-12-5-16(15-25)6-13-20/h1-15H. The van der Waals surface area contributed by atoms with Crippen LogP contribution in [0.4, 0.5) is 4.39 Å². The molecule has 0 aliphatic heterocycles. The Morgan fingerprint density at radius 2 is 1.50 bits per heavy atom. The van der Waals surface area contributed by atoms with Gasteiger partial charge in [0.1, 0.15) is 23.6 Å². The van der Waals surface area contributed by atoms with Crippen molar-refractivity contribution in [2.24, 2.45) is 0 Å². The van der Waals surface area contributed by atoms with E-state index in [1.165, 1.54) is 12.1 Å². The molecule has 2 nitrogen and oxygen atoms in total. The first-order chi connectivity index (χ1) is 12.7. The second-order valence-electron chi connectivity index (χ2n) is 5.96. The van der Waals surface area contributed by atoms with Crippen LogP contribution in [0, 0.1) is 5.82 Å². The highest BCUT2D eigenvalue weighted by atomic mass is 19.1. The number of ether oxygens (including phenoxy) is 1. The monoisotopic (exact) mass is 342 g/mol. The number of hydrogen-bond acceptors (Lipinski definition) is 2. The molecule has 4 aromatic rings. The van der Waals surface area contributed by atoms with Crippen molar-refractivity contribution < 1.29 is 13.9 Å². The Balaban J connectivity index is 1.87. The number of halogens is 1. The molecule has 0 heterocycles. The van der Waals surface area contributed by atoms with Crippen molar-refractivity contribution in [2.75, 3.05) is 0 Å². The average molecular weight is 342 g/mol.